The number of carbonyl (C=O) groups is 2. The third kappa shape index (κ3) is 3.42. The zero-order chi connectivity index (χ0) is 22.3. The molecular weight excluding hydrogens is 404 g/mol. The van der Waals surface area contributed by atoms with Crippen molar-refractivity contribution in [3.05, 3.63) is 53.6 Å². The second-order valence-corrected chi connectivity index (χ2v) is 9.29. The second kappa shape index (κ2) is 8.15. The van der Waals surface area contributed by atoms with Crippen LogP contribution in [-0.2, 0) is 22.4 Å². The van der Waals surface area contributed by atoms with E-state index in [0.29, 0.717) is 54.8 Å². The molecule has 0 aromatic heterocycles. The summed E-state index contributed by atoms with van der Waals surface area (Å²) >= 11 is 0. The summed E-state index contributed by atoms with van der Waals surface area (Å²) in [6.07, 6.45) is 4.94. The molecule has 6 nitrogen and oxygen atoms in total. The van der Waals surface area contributed by atoms with Gasteiger partial charge in [0.1, 0.15) is 17.0 Å². The van der Waals surface area contributed by atoms with Gasteiger partial charge in [-0.15, -0.1) is 0 Å². The van der Waals surface area contributed by atoms with Gasteiger partial charge in [0.2, 0.25) is 11.8 Å². The van der Waals surface area contributed by atoms with Crippen LogP contribution in [0.2, 0.25) is 0 Å². The highest BCUT2D eigenvalue weighted by Gasteiger charge is 2.54. The van der Waals surface area contributed by atoms with Gasteiger partial charge in [-0.25, -0.2) is 0 Å². The molecule has 1 N–H and O–H groups in total. The van der Waals surface area contributed by atoms with E-state index in [0.717, 1.165) is 19.3 Å². The fourth-order valence-electron chi connectivity index (χ4n) is 5.87. The number of nitrogens with zero attached hydrogens (tertiary/aromatic N) is 1. The summed E-state index contributed by atoms with van der Waals surface area (Å²) in [6, 6.07) is 14.0. The molecule has 32 heavy (non-hydrogen) atoms. The number of ether oxygens (including phenoxy) is 2. The van der Waals surface area contributed by atoms with Gasteiger partial charge in [-0.2, -0.15) is 0 Å². The lowest BCUT2D eigenvalue weighted by atomic mass is 9.62. The highest BCUT2D eigenvalue weighted by Crippen LogP contribution is 2.48. The first-order chi connectivity index (χ1) is 15.5. The number of anilines is 1. The molecule has 6 heteroatoms. The van der Waals surface area contributed by atoms with Crippen LogP contribution in [0.15, 0.2) is 42.5 Å². The van der Waals surface area contributed by atoms with Crippen molar-refractivity contribution in [2.45, 2.75) is 44.1 Å². The number of nitrogens with one attached hydrogen (secondary N) is 1. The number of β-lactam (4-membered cyclic amide) rings is 1. The van der Waals surface area contributed by atoms with E-state index in [2.05, 4.69) is 29.6 Å². The molecule has 168 valence electrons. The van der Waals surface area contributed by atoms with E-state index in [9.17, 15) is 9.59 Å². The molecule has 1 heterocycles. The monoisotopic (exact) mass is 434 g/mol. The zero-order valence-corrected chi connectivity index (χ0v) is 18.7. The molecule has 5 rings (SSSR count). The van der Waals surface area contributed by atoms with Gasteiger partial charge >= 0.3 is 0 Å². The summed E-state index contributed by atoms with van der Waals surface area (Å²) in [4.78, 5) is 28.2. The highest BCUT2D eigenvalue weighted by atomic mass is 16.5. The maximum Gasteiger partial charge on any atom is 0.250 e. The topological polar surface area (TPSA) is 67.9 Å². The molecule has 2 amide bonds. The first-order valence-corrected chi connectivity index (χ1v) is 11.4. The fourth-order valence-corrected chi connectivity index (χ4v) is 5.87. The molecule has 0 unspecified atom stereocenters. The molecule has 0 bridgehead atoms. The zero-order valence-electron chi connectivity index (χ0n) is 18.7. The van der Waals surface area contributed by atoms with Crippen molar-refractivity contribution in [3.8, 4) is 11.5 Å². The molecule has 2 aliphatic carbocycles. The van der Waals surface area contributed by atoms with Gasteiger partial charge in [0.25, 0.3) is 0 Å². The van der Waals surface area contributed by atoms with Crippen molar-refractivity contribution in [1.29, 1.82) is 0 Å². The van der Waals surface area contributed by atoms with Gasteiger partial charge in [-0.1, -0.05) is 24.3 Å². The fraction of sp³-hybridized carbons (Fsp3) is 0.462. The number of amides is 2. The summed E-state index contributed by atoms with van der Waals surface area (Å²) in [7, 11) is 3.17. The second-order valence-electron chi connectivity index (χ2n) is 9.29. The first kappa shape index (κ1) is 20.9. The molecule has 0 radical (unpaired) electrons. The van der Waals surface area contributed by atoms with Gasteiger partial charge in [0, 0.05) is 19.0 Å². The third-order valence-electron chi connectivity index (χ3n) is 7.72. The molecule has 0 spiro atoms. The van der Waals surface area contributed by atoms with Crippen LogP contribution < -0.4 is 14.8 Å². The molecule has 2 aromatic carbocycles. The Hall–Kier alpha value is -3.02. The molecule has 2 fully saturated rings. The number of carbonyl (C=O) groups excluding carboxylic acids is 2. The first-order valence-electron chi connectivity index (χ1n) is 11.4. The Balaban J connectivity index is 1.44. The minimum Gasteiger partial charge on any atom is -0.497 e. The largest absolute Gasteiger partial charge is 0.497 e. The number of methoxy groups -OCH3 is 2. The van der Waals surface area contributed by atoms with Gasteiger partial charge < -0.3 is 19.7 Å². The number of rotatable bonds is 5. The predicted molar refractivity (Wildman–Crippen MR) is 122 cm³/mol. The standard InChI is InChI=1S/C26H30N2O4/c1-31-21-7-8-22(23(15-21)32-2)27-25(30)26(28-12-10-24(28)29)11-9-19-13-17-5-3-4-6-18(17)14-20(19)16-26/h3-8,15,19-20H,9-14,16H2,1-2H3,(H,27,30)/t19-,20-,26+/m1/s1. The Bertz CT molecular complexity index is 1050. The molecule has 1 aliphatic heterocycles. The Kier molecular flexibility index (Phi) is 5.31. The Morgan fingerprint density at radius 1 is 1.06 bits per heavy atom. The summed E-state index contributed by atoms with van der Waals surface area (Å²) in [6.45, 7) is 0.653. The van der Waals surface area contributed by atoms with Crippen LogP contribution in [0, 0.1) is 11.8 Å². The van der Waals surface area contributed by atoms with Gasteiger partial charge in [-0.05, 0) is 67.2 Å². The van der Waals surface area contributed by atoms with Crippen molar-refractivity contribution in [1.82, 2.24) is 4.90 Å². The van der Waals surface area contributed by atoms with Crippen LogP contribution in [0.1, 0.15) is 36.8 Å². The average molecular weight is 435 g/mol. The number of hydrogen-bond acceptors (Lipinski definition) is 4. The predicted octanol–water partition coefficient (Wildman–Crippen LogP) is 3.83. The maximum atomic E-state index is 13.8. The Morgan fingerprint density at radius 3 is 2.44 bits per heavy atom. The SMILES string of the molecule is COc1ccc(NC(=O)[C@]2(N3CCC3=O)CC[C@@H]3Cc4ccccc4C[C@@H]3C2)c(OC)c1. The maximum absolute atomic E-state index is 13.8. The van der Waals surface area contributed by atoms with Crippen LogP contribution in [0.4, 0.5) is 5.69 Å². The smallest absolute Gasteiger partial charge is 0.250 e. The summed E-state index contributed by atoms with van der Waals surface area (Å²) in [5.74, 6) is 2.15. The van der Waals surface area contributed by atoms with E-state index < -0.39 is 5.54 Å². The van der Waals surface area contributed by atoms with Crippen LogP contribution in [0.5, 0.6) is 11.5 Å². The summed E-state index contributed by atoms with van der Waals surface area (Å²) in [5.41, 5.74) is 2.63. The molecular formula is C26H30N2O4. The van der Waals surface area contributed by atoms with Crippen LogP contribution in [0.3, 0.4) is 0 Å². The van der Waals surface area contributed by atoms with Crippen molar-refractivity contribution >= 4 is 17.5 Å². The minimum absolute atomic E-state index is 0.0801. The summed E-state index contributed by atoms with van der Waals surface area (Å²) < 4.78 is 10.8. The molecule has 3 aliphatic rings. The van der Waals surface area contributed by atoms with Crippen molar-refractivity contribution in [2.24, 2.45) is 11.8 Å². The van der Waals surface area contributed by atoms with E-state index >= 15 is 0 Å². The van der Waals surface area contributed by atoms with E-state index in [-0.39, 0.29) is 11.8 Å². The van der Waals surface area contributed by atoms with E-state index in [1.165, 1.54) is 11.1 Å². The lowest BCUT2D eigenvalue weighted by Crippen LogP contribution is -2.66. The Morgan fingerprint density at radius 2 is 1.81 bits per heavy atom. The van der Waals surface area contributed by atoms with Gasteiger partial charge in [0.15, 0.2) is 0 Å². The van der Waals surface area contributed by atoms with E-state index in [1.54, 1.807) is 32.4 Å². The molecule has 1 saturated carbocycles. The van der Waals surface area contributed by atoms with Crippen LogP contribution in [-0.4, -0.2) is 43.0 Å². The number of fused-ring (bicyclic) bond motifs is 2. The minimum atomic E-state index is -0.798. The van der Waals surface area contributed by atoms with Gasteiger partial charge in [0.05, 0.1) is 19.9 Å². The highest BCUT2D eigenvalue weighted by molar-refractivity contribution is 6.02. The van der Waals surface area contributed by atoms with Crippen LogP contribution in [0.25, 0.3) is 0 Å². The number of hydrogen-bond donors (Lipinski definition) is 1. The Labute approximate surface area is 188 Å². The average Bonchev–Trinajstić information content (AvgIpc) is 2.81. The quantitative estimate of drug-likeness (QED) is 0.727. The number of benzene rings is 2. The lowest BCUT2D eigenvalue weighted by Gasteiger charge is -2.53. The van der Waals surface area contributed by atoms with Crippen molar-refractivity contribution < 1.29 is 19.1 Å². The lowest BCUT2D eigenvalue weighted by molar-refractivity contribution is -0.159. The van der Waals surface area contributed by atoms with Crippen molar-refractivity contribution in [2.75, 3.05) is 26.1 Å². The number of likely N-dealkylation sites (tertiary alicyclic amines) is 1. The van der Waals surface area contributed by atoms with E-state index in [1.807, 2.05) is 4.90 Å². The molecule has 3 atom stereocenters. The van der Waals surface area contributed by atoms with Crippen molar-refractivity contribution in [3.63, 3.8) is 0 Å². The summed E-state index contributed by atoms with van der Waals surface area (Å²) in [5, 5.41) is 3.09. The van der Waals surface area contributed by atoms with E-state index in [4.69, 9.17) is 9.47 Å². The van der Waals surface area contributed by atoms with Crippen LogP contribution >= 0.6 is 0 Å². The van der Waals surface area contributed by atoms with Gasteiger partial charge in [-0.3, -0.25) is 9.59 Å². The normalized spacial score (nSPS) is 26.4. The molecule has 2 aromatic rings. The molecule has 1 saturated heterocycles. The third-order valence-corrected chi connectivity index (χ3v) is 7.72.